The minimum absolute atomic E-state index is 0.0391. The summed E-state index contributed by atoms with van der Waals surface area (Å²) in [6, 6.07) is 11.5. The van der Waals surface area contributed by atoms with Gasteiger partial charge in [0.25, 0.3) is 0 Å². The highest BCUT2D eigenvalue weighted by Gasteiger charge is 2.30. The fourth-order valence-corrected chi connectivity index (χ4v) is 4.59. The van der Waals surface area contributed by atoms with Crippen LogP contribution in [0.4, 0.5) is 0 Å². The number of guanidine groups is 1. The largest absolute Gasteiger partial charge is 0.378 e. The van der Waals surface area contributed by atoms with Crippen LogP contribution in [0.5, 0.6) is 0 Å². The van der Waals surface area contributed by atoms with Crippen molar-refractivity contribution in [1.82, 2.24) is 9.62 Å². The smallest absolute Gasteiger partial charge is 0.241 e. The predicted octanol–water partition coefficient (Wildman–Crippen LogP) is 0.399. The van der Waals surface area contributed by atoms with E-state index in [1.807, 2.05) is 24.3 Å². The van der Waals surface area contributed by atoms with Gasteiger partial charge in [-0.05, 0) is 35.7 Å². The monoisotopic (exact) mass is 433 g/mol. The highest BCUT2D eigenvalue weighted by molar-refractivity contribution is 7.89. The SMILES string of the molecule is NC(N)=NCCCC(NS(=O)(=O)c1ccc2ccccc2c1)C(=O)N1CCOCC1. The van der Waals surface area contributed by atoms with Crippen molar-refractivity contribution in [3.05, 3.63) is 42.5 Å². The first-order chi connectivity index (χ1) is 14.4. The topological polar surface area (TPSA) is 140 Å². The van der Waals surface area contributed by atoms with Gasteiger partial charge < -0.3 is 21.1 Å². The van der Waals surface area contributed by atoms with Crippen molar-refractivity contribution >= 4 is 32.7 Å². The summed E-state index contributed by atoms with van der Waals surface area (Å²) in [5.41, 5.74) is 10.7. The number of hydrogen-bond acceptors (Lipinski definition) is 5. The third-order valence-electron chi connectivity index (χ3n) is 4.89. The molecule has 0 spiro atoms. The minimum Gasteiger partial charge on any atom is -0.378 e. The average Bonchev–Trinajstić information content (AvgIpc) is 2.75. The molecule has 1 atom stereocenters. The lowest BCUT2D eigenvalue weighted by molar-refractivity contribution is -0.137. The summed E-state index contributed by atoms with van der Waals surface area (Å²) in [7, 11) is -3.90. The number of sulfonamides is 1. The number of benzene rings is 2. The summed E-state index contributed by atoms with van der Waals surface area (Å²) in [6.45, 7) is 2.04. The van der Waals surface area contributed by atoms with E-state index in [0.717, 1.165) is 10.8 Å². The van der Waals surface area contributed by atoms with Crippen molar-refractivity contribution in [2.24, 2.45) is 16.5 Å². The first-order valence-electron chi connectivity index (χ1n) is 9.80. The number of fused-ring (bicyclic) bond motifs is 1. The molecule has 162 valence electrons. The summed E-state index contributed by atoms with van der Waals surface area (Å²) < 4.78 is 34.0. The van der Waals surface area contributed by atoms with Crippen LogP contribution in [0.1, 0.15) is 12.8 Å². The summed E-state index contributed by atoms with van der Waals surface area (Å²) in [4.78, 5) is 18.7. The zero-order valence-electron chi connectivity index (χ0n) is 16.7. The molecule has 9 nitrogen and oxygen atoms in total. The Hall–Kier alpha value is -2.69. The third kappa shape index (κ3) is 5.68. The highest BCUT2D eigenvalue weighted by atomic mass is 32.2. The normalized spacial score (nSPS) is 15.7. The van der Waals surface area contributed by atoms with Gasteiger partial charge in [0, 0.05) is 19.6 Å². The number of nitrogens with zero attached hydrogens (tertiary/aromatic N) is 2. The fourth-order valence-electron chi connectivity index (χ4n) is 3.33. The zero-order valence-corrected chi connectivity index (χ0v) is 17.5. The molecule has 0 radical (unpaired) electrons. The van der Waals surface area contributed by atoms with E-state index in [9.17, 15) is 13.2 Å². The van der Waals surface area contributed by atoms with Crippen molar-refractivity contribution in [2.75, 3.05) is 32.8 Å². The molecule has 5 N–H and O–H groups in total. The van der Waals surface area contributed by atoms with E-state index in [-0.39, 0.29) is 23.2 Å². The standard InChI is InChI=1S/C20H27N5O4S/c21-20(22)23-9-3-6-18(19(26)25-10-12-29-13-11-25)24-30(27,28)17-8-7-15-4-1-2-5-16(15)14-17/h1-2,4-5,7-8,14,18,24H,3,6,9-13H2,(H4,21,22,23). The number of morpholine rings is 1. The Labute approximate surface area is 176 Å². The maximum absolute atomic E-state index is 13.0. The molecule has 1 unspecified atom stereocenters. The summed E-state index contributed by atoms with van der Waals surface area (Å²) in [6.07, 6.45) is 0.735. The van der Waals surface area contributed by atoms with Gasteiger partial charge >= 0.3 is 0 Å². The van der Waals surface area contributed by atoms with Crippen LogP contribution in [0.25, 0.3) is 10.8 Å². The molecule has 0 aromatic heterocycles. The third-order valence-corrected chi connectivity index (χ3v) is 6.36. The van der Waals surface area contributed by atoms with Gasteiger partial charge in [0.15, 0.2) is 5.96 Å². The molecule has 0 bridgehead atoms. The molecule has 1 aliphatic rings. The maximum atomic E-state index is 13.0. The van der Waals surface area contributed by atoms with Gasteiger partial charge in [-0.3, -0.25) is 9.79 Å². The predicted molar refractivity (Wildman–Crippen MR) is 115 cm³/mol. The van der Waals surface area contributed by atoms with Crippen LogP contribution < -0.4 is 16.2 Å². The second-order valence-corrected chi connectivity index (χ2v) is 8.78. The lowest BCUT2D eigenvalue weighted by atomic mass is 10.1. The molecule has 0 aliphatic carbocycles. The number of aliphatic imine (C=N–C) groups is 1. The van der Waals surface area contributed by atoms with Crippen molar-refractivity contribution < 1.29 is 17.9 Å². The highest BCUT2D eigenvalue weighted by Crippen LogP contribution is 2.20. The first-order valence-corrected chi connectivity index (χ1v) is 11.3. The number of rotatable bonds is 8. The summed E-state index contributed by atoms with van der Waals surface area (Å²) >= 11 is 0. The lowest BCUT2D eigenvalue weighted by Gasteiger charge is -2.30. The van der Waals surface area contributed by atoms with Gasteiger partial charge in [0.05, 0.1) is 18.1 Å². The molecule has 30 heavy (non-hydrogen) atoms. The Balaban J connectivity index is 1.79. The molecule has 1 fully saturated rings. The van der Waals surface area contributed by atoms with E-state index in [4.69, 9.17) is 16.2 Å². The second-order valence-electron chi connectivity index (χ2n) is 7.07. The molecule has 10 heteroatoms. The number of nitrogens with two attached hydrogens (primary N) is 2. The Morgan fingerprint density at radius 1 is 1.13 bits per heavy atom. The van der Waals surface area contributed by atoms with Crippen LogP contribution in [0.3, 0.4) is 0 Å². The van der Waals surface area contributed by atoms with E-state index in [1.54, 1.807) is 23.1 Å². The molecule has 2 aromatic carbocycles. The van der Waals surface area contributed by atoms with Crippen LogP contribution in [0.2, 0.25) is 0 Å². The fraction of sp³-hybridized carbons (Fsp3) is 0.400. The van der Waals surface area contributed by atoms with Crippen LogP contribution in [-0.4, -0.2) is 64.1 Å². The zero-order chi connectivity index (χ0) is 21.6. The molecule has 2 aromatic rings. The van der Waals surface area contributed by atoms with Gasteiger partial charge in [0.1, 0.15) is 6.04 Å². The van der Waals surface area contributed by atoms with E-state index in [0.29, 0.717) is 39.3 Å². The Morgan fingerprint density at radius 3 is 2.53 bits per heavy atom. The van der Waals surface area contributed by atoms with Crippen molar-refractivity contribution in [2.45, 2.75) is 23.8 Å². The van der Waals surface area contributed by atoms with Crippen LogP contribution in [0, 0.1) is 0 Å². The minimum atomic E-state index is -3.90. The number of ether oxygens (including phenoxy) is 1. The molecule has 0 saturated carbocycles. The molecule has 1 aliphatic heterocycles. The van der Waals surface area contributed by atoms with E-state index in [1.165, 1.54) is 0 Å². The van der Waals surface area contributed by atoms with Crippen LogP contribution in [0.15, 0.2) is 52.4 Å². The van der Waals surface area contributed by atoms with Gasteiger partial charge in [-0.1, -0.05) is 30.3 Å². The summed E-state index contributed by atoms with van der Waals surface area (Å²) in [5.74, 6) is -0.310. The summed E-state index contributed by atoms with van der Waals surface area (Å²) in [5, 5.41) is 1.75. The maximum Gasteiger partial charge on any atom is 0.241 e. The van der Waals surface area contributed by atoms with Crippen molar-refractivity contribution in [3.8, 4) is 0 Å². The molecular weight excluding hydrogens is 406 g/mol. The van der Waals surface area contributed by atoms with Gasteiger partial charge in [-0.15, -0.1) is 0 Å². The number of carbonyl (C=O) groups is 1. The van der Waals surface area contributed by atoms with E-state index in [2.05, 4.69) is 9.71 Å². The number of carbonyl (C=O) groups excluding carboxylic acids is 1. The number of nitrogens with one attached hydrogen (secondary N) is 1. The second kappa shape index (κ2) is 9.88. The van der Waals surface area contributed by atoms with Crippen LogP contribution >= 0.6 is 0 Å². The van der Waals surface area contributed by atoms with E-state index < -0.39 is 16.1 Å². The van der Waals surface area contributed by atoms with Crippen molar-refractivity contribution in [3.63, 3.8) is 0 Å². The molecule has 1 heterocycles. The molecular formula is C20H27N5O4S. The average molecular weight is 434 g/mol. The van der Waals surface area contributed by atoms with Gasteiger partial charge in [-0.25, -0.2) is 8.42 Å². The lowest BCUT2D eigenvalue weighted by Crippen LogP contribution is -2.51. The number of amides is 1. The molecule has 1 amide bonds. The van der Waals surface area contributed by atoms with Crippen molar-refractivity contribution in [1.29, 1.82) is 0 Å². The Bertz CT molecular complexity index is 1010. The first kappa shape index (κ1) is 22.0. The number of hydrogen-bond donors (Lipinski definition) is 3. The van der Waals surface area contributed by atoms with Crippen LogP contribution in [-0.2, 0) is 19.6 Å². The van der Waals surface area contributed by atoms with Gasteiger partial charge in [0.2, 0.25) is 15.9 Å². The molecule has 1 saturated heterocycles. The Morgan fingerprint density at radius 2 is 1.83 bits per heavy atom. The Kier molecular flexibility index (Phi) is 7.24. The van der Waals surface area contributed by atoms with E-state index >= 15 is 0 Å². The van der Waals surface area contributed by atoms with Gasteiger partial charge in [-0.2, -0.15) is 4.72 Å². The molecule has 3 rings (SSSR count). The quantitative estimate of drug-likeness (QED) is 0.313.